The number of hydrogen-bond donors (Lipinski definition) is 1. The molecule has 0 saturated carbocycles. The predicted octanol–water partition coefficient (Wildman–Crippen LogP) is 1.13. The topological polar surface area (TPSA) is 50.8 Å². The summed E-state index contributed by atoms with van der Waals surface area (Å²) in [5.41, 5.74) is 0. The third kappa shape index (κ3) is 17.7. The zero-order valence-corrected chi connectivity index (χ0v) is 12.6. The lowest BCUT2D eigenvalue weighted by Gasteiger charge is -2.11. The van der Waals surface area contributed by atoms with E-state index in [1.54, 1.807) is 11.9 Å². The molecule has 110 valence electrons. The van der Waals surface area contributed by atoms with Crippen molar-refractivity contribution in [3.63, 3.8) is 0 Å². The molecule has 1 amide bonds. The van der Waals surface area contributed by atoms with Crippen LogP contribution in [-0.2, 0) is 14.3 Å². The van der Waals surface area contributed by atoms with Crippen molar-refractivity contribution in [3.8, 4) is 0 Å². The second-order valence-corrected chi connectivity index (χ2v) is 3.92. The molecule has 0 aromatic heterocycles. The number of hydrogen-bond acceptors (Lipinski definition) is 4. The molecule has 0 fully saturated rings. The van der Waals surface area contributed by atoms with Crippen molar-refractivity contribution in [2.24, 2.45) is 0 Å². The Labute approximate surface area is 112 Å². The van der Waals surface area contributed by atoms with Gasteiger partial charge in [0.05, 0.1) is 26.4 Å². The van der Waals surface area contributed by atoms with Gasteiger partial charge in [-0.15, -0.1) is 0 Å². The highest BCUT2D eigenvalue weighted by Crippen LogP contribution is 1.82. The van der Waals surface area contributed by atoms with Gasteiger partial charge in [0.2, 0.25) is 6.41 Å². The predicted molar refractivity (Wildman–Crippen MR) is 74.8 cm³/mol. The summed E-state index contributed by atoms with van der Waals surface area (Å²) in [6.07, 6.45) is 0.789. The fourth-order valence-corrected chi connectivity index (χ4v) is 1.00. The standard InChI is InChI=1S/C11H24N2O3.C2H6/c1-11(2)12-4-6-15-8-9-16-7-5-13(3)10-14;1-2/h10-12H,4-9H2,1-3H3;1-2H3. The molecule has 0 bridgehead atoms. The Morgan fingerprint density at radius 1 is 1.11 bits per heavy atom. The Bertz CT molecular complexity index is 166. The monoisotopic (exact) mass is 262 g/mol. The summed E-state index contributed by atoms with van der Waals surface area (Å²) in [7, 11) is 1.73. The summed E-state index contributed by atoms with van der Waals surface area (Å²) in [5.74, 6) is 0. The second-order valence-electron chi connectivity index (χ2n) is 3.92. The van der Waals surface area contributed by atoms with Crippen LogP contribution < -0.4 is 5.32 Å². The van der Waals surface area contributed by atoms with Gasteiger partial charge in [0, 0.05) is 26.2 Å². The van der Waals surface area contributed by atoms with Crippen LogP contribution in [0.4, 0.5) is 0 Å². The van der Waals surface area contributed by atoms with Crippen LogP contribution in [0.1, 0.15) is 27.7 Å². The molecule has 0 aromatic carbocycles. The lowest BCUT2D eigenvalue weighted by atomic mass is 10.4. The SMILES string of the molecule is CC.CC(C)NCCOCCOCCN(C)C=O. The number of ether oxygens (including phenoxy) is 2. The maximum absolute atomic E-state index is 10.2. The number of nitrogens with zero attached hydrogens (tertiary/aromatic N) is 1. The fraction of sp³-hybridized carbons (Fsp3) is 0.923. The first kappa shape index (κ1) is 19.7. The molecule has 0 radical (unpaired) electrons. The van der Waals surface area contributed by atoms with Crippen LogP contribution in [0.25, 0.3) is 0 Å². The number of rotatable bonds is 11. The van der Waals surface area contributed by atoms with E-state index < -0.39 is 0 Å². The highest BCUT2D eigenvalue weighted by Gasteiger charge is 1.94. The molecule has 18 heavy (non-hydrogen) atoms. The van der Waals surface area contributed by atoms with Gasteiger partial charge in [0.25, 0.3) is 0 Å². The Kier molecular flexibility index (Phi) is 17.9. The van der Waals surface area contributed by atoms with Gasteiger partial charge in [-0.25, -0.2) is 0 Å². The molecule has 5 heteroatoms. The van der Waals surface area contributed by atoms with Gasteiger partial charge in [-0.2, -0.15) is 0 Å². The van der Waals surface area contributed by atoms with Crippen LogP contribution in [0.3, 0.4) is 0 Å². The Morgan fingerprint density at radius 2 is 1.67 bits per heavy atom. The van der Waals surface area contributed by atoms with Crippen molar-refractivity contribution >= 4 is 6.41 Å². The Morgan fingerprint density at radius 3 is 2.17 bits per heavy atom. The van der Waals surface area contributed by atoms with E-state index in [1.807, 2.05) is 13.8 Å². The van der Waals surface area contributed by atoms with Crippen LogP contribution >= 0.6 is 0 Å². The molecule has 0 aliphatic carbocycles. The molecule has 0 saturated heterocycles. The maximum atomic E-state index is 10.2. The number of amides is 1. The van der Waals surface area contributed by atoms with Crippen LogP contribution in [0, 0.1) is 0 Å². The maximum Gasteiger partial charge on any atom is 0.209 e. The number of carbonyl (C=O) groups is 1. The van der Waals surface area contributed by atoms with Crippen LogP contribution in [-0.4, -0.2) is 63.9 Å². The van der Waals surface area contributed by atoms with Crippen molar-refractivity contribution in [3.05, 3.63) is 0 Å². The third-order valence-corrected chi connectivity index (χ3v) is 1.94. The molecule has 5 nitrogen and oxygen atoms in total. The normalized spacial score (nSPS) is 9.89. The van der Waals surface area contributed by atoms with E-state index in [-0.39, 0.29) is 0 Å². The summed E-state index contributed by atoms with van der Waals surface area (Å²) in [5, 5.41) is 3.26. The molecular weight excluding hydrogens is 232 g/mol. The van der Waals surface area contributed by atoms with Gasteiger partial charge in [-0.05, 0) is 0 Å². The second kappa shape index (κ2) is 16.4. The first-order chi connectivity index (χ1) is 8.66. The number of nitrogens with one attached hydrogen (secondary N) is 1. The van der Waals surface area contributed by atoms with E-state index >= 15 is 0 Å². The zero-order chi connectivity index (χ0) is 14.2. The lowest BCUT2D eigenvalue weighted by molar-refractivity contribution is -0.117. The quantitative estimate of drug-likeness (QED) is 0.448. The highest BCUT2D eigenvalue weighted by atomic mass is 16.5. The third-order valence-electron chi connectivity index (χ3n) is 1.94. The average molecular weight is 262 g/mol. The van der Waals surface area contributed by atoms with Crippen LogP contribution in [0.15, 0.2) is 0 Å². The average Bonchev–Trinajstić information content (AvgIpc) is 2.38. The van der Waals surface area contributed by atoms with E-state index in [0.29, 0.717) is 39.0 Å². The van der Waals surface area contributed by atoms with E-state index in [1.165, 1.54) is 0 Å². The minimum atomic E-state index is 0.499. The molecule has 0 aliphatic heterocycles. The minimum absolute atomic E-state index is 0.499. The molecule has 1 N–H and O–H groups in total. The Balaban J connectivity index is 0. The van der Waals surface area contributed by atoms with E-state index in [2.05, 4.69) is 19.2 Å². The summed E-state index contributed by atoms with van der Waals surface area (Å²) in [4.78, 5) is 11.8. The van der Waals surface area contributed by atoms with Crippen molar-refractivity contribution in [2.45, 2.75) is 33.7 Å². The molecule has 0 aromatic rings. The van der Waals surface area contributed by atoms with Gasteiger partial charge in [-0.1, -0.05) is 27.7 Å². The molecular formula is C13H30N2O3. The van der Waals surface area contributed by atoms with Crippen LogP contribution in [0.2, 0.25) is 0 Å². The Hall–Kier alpha value is -0.650. The zero-order valence-electron chi connectivity index (χ0n) is 12.6. The van der Waals surface area contributed by atoms with Crippen molar-refractivity contribution in [1.29, 1.82) is 0 Å². The molecule has 0 unspecified atom stereocenters. The van der Waals surface area contributed by atoms with E-state index in [4.69, 9.17) is 9.47 Å². The van der Waals surface area contributed by atoms with Gasteiger partial charge in [0.15, 0.2) is 0 Å². The minimum Gasteiger partial charge on any atom is -0.378 e. The molecule has 0 atom stereocenters. The smallest absolute Gasteiger partial charge is 0.209 e. The van der Waals surface area contributed by atoms with Gasteiger partial charge >= 0.3 is 0 Å². The van der Waals surface area contributed by atoms with E-state index in [0.717, 1.165) is 13.0 Å². The lowest BCUT2D eigenvalue weighted by Crippen LogP contribution is -2.27. The van der Waals surface area contributed by atoms with Crippen molar-refractivity contribution in [1.82, 2.24) is 10.2 Å². The van der Waals surface area contributed by atoms with Gasteiger partial charge in [0.1, 0.15) is 0 Å². The summed E-state index contributed by atoms with van der Waals surface area (Å²) in [6.45, 7) is 12.1. The summed E-state index contributed by atoms with van der Waals surface area (Å²) < 4.78 is 10.6. The first-order valence-corrected chi connectivity index (χ1v) is 6.71. The van der Waals surface area contributed by atoms with Gasteiger partial charge < -0.3 is 19.7 Å². The van der Waals surface area contributed by atoms with Crippen molar-refractivity contribution in [2.75, 3.05) is 46.6 Å². The van der Waals surface area contributed by atoms with Gasteiger partial charge in [-0.3, -0.25) is 4.79 Å². The summed E-state index contributed by atoms with van der Waals surface area (Å²) >= 11 is 0. The number of carbonyl (C=O) groups excluding carboxylic acids is 1. The molecule has 0 rings (SSSR count). The highest BCUT2D eigenvalue weighted by molar-refractivity contribution is 5.46. The summed E-state index contributed by atoms with van der Waals surface area (Å²) in [6, 6.07) is 0.499. The van der Waals surface area contributed by atoms with E-state index in [9.17, 15) is 4.79 Å². The van der Waals surface area contributed by atoms with Crippen molar-refractivity contribution < 1.29 is 14.3 Å². The van der Waals surface area contributed by atoms with Crippen LogP contribution in [0.5, 0.6) is 0 Å². The molecule has 0 aliphatic rings. The molecule has 0 spiro atoms. The number of likely N-dealkylation sites (N-methyl/N-ethyl adjacent to an activating group) is 1. The first-order valence-electron chi connectivity index (χ1n) is 6.71. The fourth-order valence-electron chi connectivity index (χ4n) is 1.00. The molecule has 0 heterocycles. The largest absolute Gasteiger partial charge is 0.378 e.